The third-order valence-electron chi connectivity index (χ3n) is 5.01. The van der Waals surface area contributed by atoms with Crippen LogP contribution in [-0.2, 0) is 13.1 Å². The second-order valence-electron chi connectivity index (χ2n) is 7.15. The molecule has 0 aliphatic carbocycles. The third kappa shape index (κ3) is 4.49. The normalized spacial score (nSPS) is 12.8. The van der Waals surface area contributed by atoms with Crippen LogP contribution < -0.4 is 10.1 Å². The predicted molar refractivity (Wildman–Crippen MR) is 111 cm³/mol. The van der Waals surface area contributed by atoms with E-state index >= 15 is 0 Å². The first-order chi connectivity index (χ1) is 15.4. The van der Waals surface area contributed by atoms with Crippen molar-refractivity contribution >= 4 is 17.7 Å². The van der Waals surface area contributed by atoms with Gasteiger partial charge in [0.15, 0.2) is 0 Å². The summed E-state index contributed by atoms with van der Waals surface area (Å²) in [5.41, 5.74) is 2.47. The summed E-state index contributed by atoms with van der Waals surface area (Å²) in [7, 11) is 0. The largest absolute Gasteiger partial charge is 0.435 e. The molecule has 3 amide bonds. The Morgan fingerprint density at radius 2 is 1.53 bits per heavy atom. The van der Waals surface area contributed by atoms with E-state index in [-0.39, 0.29) is 36.6 Å². The number of carbonyl (C=O) groups excluding carboxylic acids is 3. The number of amides is 3. The van der Waals surface area contributed by atoms with Gasteiger partial charge in [-0.1, -0.05) is 36.4 Å². The molecule has 0 atom stereocenters. The van der Waals surface area contributed by atoms with Crippen LogP contribution in [0.5, 0.6) is 5.75 Å². The van der Waals surface area contributed by atoms with Gasteiger partial charge in [0.1, 0.15) is 5.75 Å². The van der Waals surface area contributed by atoms with Crippen molar-refractivity contribution in [3.05, 3.63) is 101 Å². The maximum absolute atomic E-state index is 12.5. The average Bonchev–Trinajstić information content (AvgIpc) is 3.03. The van der Waals surface area contributed by atoms with Crippen LogP contribution in [0.3, 0.4) is 0 Å². The van der Waals surface area contributed by atoms with Gasteiger partial charge in [0, 0.05) is 12.1 Å². The second-order valence-corrected chi connectivity index (χ2v) is 7.15. The van der Waals surface area contributed by atoms with Crippen LogP contribution in [0.1, 0.15) is 42.2 Å². The van der Waals surface area contributed by atoms with Crippen LogP contribution in [0.15, 0.2) is 72.8 Å². The number of hydrogen-bond acceptors (Lipinski definition) is 4. The summed E-state index contributed by atoms with van der Waals surface area (Å²) in [6.07, 6.45) is 0. The fourth-order valence-electron chi connectivity index (χ4n) is 3.45. The van der Waals surface area contributed by atoms with E-state index in [9.17, 15) is 23.2 Å². The van der Waals surface area contributed by atoms with Gasteiger partial charge in [-0.25, -0.2) is 0 Å². The molecule has 1 aliphatic heterocycles. The summed E-state index contributed by atoms with van der Waals surface area (Å²) in [4.78, 5) is 38.8. The summed E-state index contributed by atoms with van der Waals surface area (Å²) in [5.74, 6) is -1.03. The van der Waals surface area contributed by atoms with Gasteiger partial charge < -0.3 is 10.1 Å². The zero-order valence-electron chi connectivity index (χ0n) is 16.8. The molecule has 4 rings (SSSR count). The highest BCUT2D eigenvalue weighted by Gasteiger charge is 2.34. The first-order valence-corrected chi connectivity index (χ1v) is 9.78. The molecule has 0 spiro atoms. The number of alkyl halides is 2. The highest BCUT2D eigenvalue weighted by atomic mass is 19.3. The van der Waals surface area contributed by atoms with Crippen molar-refractivity contribution in [3.8, 4) is 5.75 Å². The Hall–Kier alpha value is -4.07. The Bertz CT molecular complexity index is 1140. The van der Waals surface area contributed by atoms with E-state index in [4.69, 9.17) is 0 Å². The maximum Gasteiger partial charge on any atom is 0.387 e. The number of hydrogen-bond donors (Lipinski definition) is 1. The third-order valence-corrected chi connectivity index (χ3v) is 5.01. The zero-order chi connectivity index (χ0) is 22.7. The number of ether oxygens (including phenoxy) is 1. The molecule has 1 aliphatic rings. The lowest BCUT2D eigenvalue weighted by Crippen LogP contribution is -2.29. The number of carbonyl (C=O) groups is 3. The Labute approximate surface area is 182 Å². The molecule has 0 bridgehead atoms. The molecule has 0 unspecified atom stereocenters. The van der Waals surface area contributed by atoms with Crippen molar-refractivity contribution in [3.63, 3.8) is 0 Å². The maximum atomic E-state index is 12.5. The van der Waals surface area contributed by atoms with E-state index in [2.05, 4.69) is 10.1 Å². The molecule has 0 fully saturated rings. The van der Waals surface area contributed by atoms with Crippen LogP contribution in [-0.4, -0.2) is 29.2 Å². The van der Waals surface area contributed by atoms with Gasteiger partial charge in [0.05, 0.1) is 17.7 Å². The van der Waals surface area contributed by atoms with Crippen molar-refractivity contribution in [1.29, 1.82) is 0 Å². The molecular formula is C24H18F2N2O4. The van der Waals surface area contributed by atoms with Crippen LogP contribution in [0.4, 0.5) is 8.78 Å². The molecule has 0 saturated heterocycles. The van der Waals surface area contributed by atoms with Gasteiger partial charge in [-0.15, -0.1) is 0 Å². The Morgan fingerprint density at radius 3 is 2.16 bits per heavy atom. The van der Waals surface area contributed by atoms with E-state index in [1.54, 1.807) is 60.7 Å². The van der Waals surface area contributed by atoms with E-state index < -0.39 is 6.61 Å². The van der Waals surface area contributed by atoms with Crippen molar-refractivity contribution in [1.82, 2.24) is 10.2 Å². The minimum atomic E-state index is -2.90. The number of fused-ring (bicyclic) bond motifs is 1. The van der Waals surface area contributed by atoms with Gasteiger partial charge >= 0.3 is 6.61 Å². The standard InChI is InChI=1S/C24H18F2N2O4/c25-24(26)32-18-10-8-15(9-11-18)13-27-21(29)17-5-3-4-16(12-17)14-28-22(30)19-6-1-2-7-20(19)23(28)31/h1-12,24H,13-14H2,(H,27,29). The molecule has 6 nitrogen and oxygen atoms in total. The van der Waals surface area contributed by atoms with Crippen LogP contribution in [0.2, 0.25) is 0 Å². The summed E-state index contributed by atoms with van der Waals surface area (Å²) in [6.45, 7) is -2.65. The summed E-state index contributed by atoms with van der Waals surface area (Å²) < 4.78 is 28.7. The lowest BCUT2D eigenvalue weighted by atomic mass is 10.1. The van der Waals surface area contributed by atoms with Crippen LogP contribution >= 0.6 is 0 Å². The molecule has 3 aromatic carbocycles. The molecule has 1 N–H and O–H groups in total. The van der Waals surface area contributed by atoms with E-state index in [0.29, 0.717) is 27.8 Å². The Morgan fingerprint density at radius 1 is 0.875 bits per heavy atom. The van der Waals surface area contributed by atoms with Crippen molar-refractivity contribution in [2.24, 2.45) is 0 Å². The summed E-state index contributed by atoms with van der Waals surface area (Å²) >= 11 is 0. The molecule has 32 heavy (non-hydrogen) atoms. The Kier molecular flexibility index (Phi) is 5.93. The minimum Gasteiger partial charge on any atom is -0.435 e. The summed E-state index contributed by atoms with van der Waals surface area (Å²) in [5, 5.41) is 2.75. The fraction of sp³-hybridized carbons (Fsp3) is 0.125. The second kappa shape index (κ2) is 8.97. The van der Waals surface area contributed by atoms with Crippen molar-refractivity contribution < 1.29 is 27.9 Å². The predicted octanol–water partition coefficient (Wildman–Crippen LogP) is 4.01. The van der Waals surface area contributed by atoms with Gasteiger partial charge in [-0.05, 0) is 47.5 Å². The van der Waals surface area contributed by atoms with Crippen LogP contribution in [0.25, 0.3) is 0 Å². The molecule has 1 heterocycles. The molecule has 8 heteroatoms. The SMILES string of the molecule is O=C(NCc1ccc(OC(F)F)cc1)c1cccc(CN2C(=O)c3ccccc3C2=O)c1. The zero-order valence-corrected chi connectivity index (χ0v) is 16.8. The van der Waals surface area contributed by atoms with E-state index in [1.165, 1.54) is 12.1 Å². The minimum absolute atomic E-state index is 0.0379. The Balaban J connectivity index is 1.39. The quantitative estimate of drug-likeness (QED) is 0.568. The highest BCUT2D eigenvalue weighted by molar-refractivity contribution is 6.21. The molecular weight excluding hydrogens is 418 g/mol. The fourth-order valence-corrected chi connectivity index (χ4v) is 3.45. The summed E-state index contributed by atoms with van der Waals surface area (Å²) in [6, 6.07) is 19.3. The smallest absolute Gasteiger partial charge is 0.387 e. The topological polar surface area (TPSA) is 75.7 Å². The van der Waals surface area contributed by atoms with Crippen molar-refractivity contribution in [2.75, 3.05) is 0 Å². The first kappa shape index (κ1) is 21.2. The number of benzene rings is 3. The molecule has 0 saturated carbocycles. The number of imide groups is 1. The van der Waals surface area contributed by atoms with Crippen molar-refractivity contribution in [2.45, 2.75) is 19.7 Å². The van der Waals surface area contributed by atoms with Crippen LogP contribution in [0, 0.1) is 0 Å². The molecule has 0 radical (unpaired) electrons. The number of nitrogens with zero attached hydrogens (tertiary/aromatic N) is 1. The molecule has 162 valence electrons. The van der Waals surface area contributed by atoms with E-state index in [1.807, 2.05) is 0 Å². The average molecular weight is 436 g/mol. The number of rotatable bonds is 7. The highest BCUT2D eigenvalue weighted by Crippen LogP contribution is 2.24. The lowest BCUT2D eigenvalue weighted by Gasteiger charge is -2.14. The van der Waals surface area contributed by atoms with E-state index in [0.717, 1.165) is 4.90 Å². The molecule has 3 aromatic rings. The van der Waals surface area contributed by atoms with Gasteiger partial charge in [-0.2, -0.15) is 8.78 Å². The van der Waals surface area contributed by atoms with Gasteiger partial charge in [0.25, 0.3) is 17.7 Å². The number of halogens is 2. The van der Waals surface area contributed by atoms with Gasteiger partial charge in [-0.3, -0.25) is 19.3 Å². The lowest BCUT2D eigenvalue weighted by molar-refractivity contribution is -0.0498. The first-order valence-electron chi connectivity index (χ1n) is 9.78. The van der Waals surface area contributed by atoms with Gasteiger partial charge in [0.2, 0.25) is 0 Å². The number of nitrogens with one attached hydrogen (secondary N) is 1. The monoisotopic (exact) mass is 436 g/mol. The molecule has 0 aromatic heterocycles.